The fourth-order valence-corrected chi connectivity index (χ4v) is 2.69. The van der Waals surface area contributed by atoms with Crippen molar-refractivity contribution in [3.8, 4) is 11.9 Å². The molecule has 2 rings (SSSR count). The van der Waals surface area contributed by atoms with E-state index < -0.39 is 30.0 Å². The minimum atomic E-state index is -0.797. The molecule has 0 radical (unpaired) electrons. The van der Waals surface area contributed by atoms with Crippen LogP contribution < -0.4 is 5.56 Å². The lowest BCUT2D eigenvalue weighted by atomic mass is 10.1. The number of ether oxygens (including phenoxy) is 3. The highest BCUT2D eigenvalue weighted by Crippen LogP contribution is 2.26. The molecule has 31 heavy (non-hydrogen) atoms. The molecule has 0 amide bonds. The number of hydrogen-bond acceptors (Lipinski definition) is 9. The Balaban J connectivity index is 2.22. The summed E-state index contributed by atoms with van der Waals surface area (Å²) in [5, 5.41) is 27.3. The molecule has 164 valence electrons. The van der Waals surface area contributed by atoms with Gasteiger partial charge in [-0.05, 0) is 52.0 Å². The van der Waals surface area contributed by atoms with E-state index in [0.29, 0.717) is 5.69 Å². The van der Waals surface area contributed by atoms with Crippen LogP contribution in [0.4, 0.5) is 11.4 Å². The van der Waals surface area contributed by atoms with Gasteiger partial charge in [0.15, 0.2) is 12.0 Å². The van der Waals surface area contributed by atoms with Crippen molar-refractivity contribution in [2.24, 2.45) is 10.2 Å². The van der Waals surface area contributed by atoms with E-state index in [1.165, 1.54) is 38.3 Å². The van der Waals surface area contributed by atoms with Gasteiger partial charge in [0, 0.05) is 19.2 Å². The van der Waals surface area contributed by atoms with Gasteiger partial charge < -0.3 is 19.3 Å². The second-order valence-electron chi connectivity index (χ2n) is 6.49. The smallest absolute Gasteiger partial charge is 0.340 e. The van der Waals surface area contributed by atoms with Gasteiger partial charge in [0.2, 0.25) is 12.2 Å². The van der Waals surface area contributed by atoms with E-state index in [1.54, 1.807) is 20.8 Å². The molecule has 10 heteroatoms. The summed E-state index contributed by atoms with van der Waals surface area (Å²) in [5.41, 5.74) is 0.255. The van der Waals surface area contributed by atoms with Crippen molar-refractivity contribution in [2.45, 2.75) is 46.8 Å². The molecule has 1 aromatic carbocycles. The summed E-state index contributed by atoms with van der Waals surface area (Å²) in [5.74, 6) is -0.981. The van der Waals surface area contributed by atoms with Gasteiger partial charge in [0.05, 0.1) is 11.3 Å². The number of carbonyl (C=O) groups excluding carboxylic acids is 1. The van der Waals surface area contributed by atoms with E-state index in [-0.39, 0.29) is 28.9 Å². The third kappa shape index (κ3) is 5.53. The normalized spacial score (nSPS) is 13.0. The van der Waals surface area contributed by atoms with Crippen LogP contribution in [0.25, 0.3) is 0 Å². The molecule has 1 N–H and O–H groups in total. The van der Waals surface area contributed by atoms with Crippen molar-refractivity contribution >= 4 is 17.3 Å². The zero-order valence-electron chi connectivity index (χ0n) is 17.9. The maximum atomic E-state index is 12.5. The van der Waals surface area contributed by atoms with E-state index >= 15 is 0 Å². The molecule has 0 aliphatic heterocycles. The number of hydrogen-bond donors (Lipinski definition) is 1. The Bertz CT molecular complexity index is 1070. The van der Waals surface area contributed by atoms with Gasteiger partial charge in [-0.25, -0.2) is 4.79 Å². The first-order valence-corrected chi connectivity index (χ1v) is 9.50. The van der Waals surface area contributed by atoms with Gasteiger partial charge in [-0.3, -0.25) is 9.36 Å². The number of nitriles is 1. The highest BCUT2D eigenvalue weighted by molar-refractivity contribution is 5.89. The molecule has 2 atom stereocenters. The second-order valence-corrected chi connectivity index (χ2v) is 6.49. The Morgan fingerprint density at radius 2 is 1.87 bits per heavy atom. The van der Waals surface area contributed by atoms with E-state index in [4.69, 9.17) is 14.2 Å². The molecule has 0 saturated carbocycles. The SMILES string of the molecule is CCn1c(O)c(C#N)c(C)c(N=Nc2ccc(C(=O)OC(C)OC(C)OC)cc2)c1=O. The summed E-state index contributed by atoms with van der Waals surface area (Å²) in [4.78, 5) is 24.7. The van der Waals surface area contributed by atoms with Crippen LogP contribution in [0, 0.1) is 18.3 Å². The van der Waals surface area contributed by atoms with Crippen molar-refractivity contribution in [1.29, 1.82) is 5.26 Å². The third-order valence-corrected chi connectivity index (χ3v) is 4.44. The zero-order valence-corrected chi connectivity index (χ0v) is 17.9. The second kappa shape index (κ2) is 10.5. The molecule has 1 aromatic heterocycles. The molecule has 2 unspecified atom stereocenters. The van der Waals surface area contributed by atoms with Crippen LogP contribution in [0.3, 0.4) is 0 Å². The fourth-order valence-electron chi connectivity index (χ4n) is 2.69. The average Bonchev–Trinajstić information content (AvgIpc) is 2.74. The van der Waals surface area contributed by atoms with Crippen LogP contribution >= 0.6 is 0 Å². The minimum absolute atomic E-state index is 0.0346. The first kappa shape index (κ1) is 23.7. The quantitative estimate of drug-likeness (QED) is 0.385. The number of nitrogens with zero attached hydrogens (tertiary/aromatic N) is 4. The van der Waals surface area contributed by atoms with E-state index in [2.05, 4.69) is 10.2 Å². The van der Waals surface area contributed by atoms with Crippen molar-refractivity contribution in [1.82, 2.24) is 4.57 Å². The molecule has 0 saturated heterocycles. The Hall–Kier alpha value is -3.55. The Morgan fingerprint density at radius 1 is 1.23 bits per heavy atom. The summed E-state index contributed by atoms with van der Waals surface area (Å²) < 4.78 is 16.5. The minimum Gasteiger partial charge on any atom is -0.493 e. The lowest BCUT2D eigenvalue weighted by Crippen LogP contribution is -2.24. The predicted molar refractivity (Wildman–Crippen MR) is 111 cm³/mol. The maximum absolute atomic E-state index is 12.5. The Kier molecular flexibility index (Phi) is 8.01. The number of benzene rings is 1. The Morgan fingerprint density at radius 3 is 2.42 bits per heavy atom. The number of carbonyl (C=O) groups is 1. The molecule has 0 aliphatic rings. The van der Waals surface area contributed by atoms with Crippen LogP contribution in [-0.4, -0.2) is 35.3 Å². The summed E-state index contributed by atoms with van der Waals surface area (Å²) >= 11 is 0. The standard InChI is InChI=1S/C21H24N4O6/c1-6-25-19(26)17(11-22)12(2)18(20(25)27)24-23-16-9-7-15(8-10-16)21(28)31-14(4)30-13(3)29-5/h7-10,13-14,26H,6H2,1-5H3. The number of aromatic hydroxyl groups is 1. The number of pyridine rings is 1. The van der Waals surface area contributed by atoms with Crippen LogP contribution in [0.1, 0.15) is 42.3 Å². The van der Waals surface area contributed by atoms with E-state index in [0.717, 1.165) is 4.57 Å². The molecule has 2 aromatic rings. The predicted octanol–water partition coefficient (Wildman–Crippen LogP) is 3.68. The lowest BCUT2D eigenvalue weighted by molar-refractivity contribution is -0.203. The number of azo groups is 1. The van der Waals surface area contributed by atoms with Crippen LogP contribution in [0.15, 0.2) is 39.3 Å². The third-order valence-electron chi connectivity index (χ3n) is 4.44. The maximum Gasteiger partial charge on any atom is 0.340 e. The van der Waals surface area contributed by atoms with Crippen molar-refractivity contribution in [2.75, 3.05) is 7.11 Å². The molecular weight excluding hydrogens is 404 g/mol. The first-order chi connectivity index (χ1) is 14.7. The van der Waals surface area contributed by atoms with Gasteiger partial charge in [-0.15, -0.1) is 5.11 Å². The van der Waals surface area contributed by atoms with Gasteiger partial charge in [0.25, 0.3) is 5.56 Å². The van der Waals surface area contributed by atoms with Gasteiger partial charge in [-0.1, -0.05) is 0 Å². The van der Waals surface area contributed by atoms with E-state index in [9.17, 15) is 20.0 Å². The summed E-state index contributed by atoms with van der Waals surface area (Å²) in [6.45, 7) is 6.60. The number of esters is 1. The monoisotopic (exact) mass is 428 g/mol. The highest BCUT2D eigenvalue weighted by Gasteiger charge is 2.18. The molecule has 10 nitrogen and oxygen atoms in total. The molecule has 1 heterocycles. The fraction of sp³-hybridized carbons (Fsp3) is 0.381. The van der Waals surface area contributed by atoms with E-state index in [1.807, 2.05) is 6.07 Å². The number of aromatic nitrogens is 1. The molecular formula is C21H24N4O6. The largest absolute Gasteiger partial charge is 0.493 e. The molecule has 0 fully saturated rings. The lowest BCUT2D eigenvalue weighted by Gasteiger charge is -2.18. The van der Waals surface area contributed by atoms with Crippen molar-refractivity contribution in [3.63, 3.8) is 0 Å². The van der Waals surface area contributed by atoms with Gasteiger partial charge >= 0.3 is 5.97 Å². The first-order valence-electron chi connectivity index (χ1n) is 9.50. The van der Waals surface area contributed by atoms with Crippen LogP contribution in [0.5, 0.6) is 5.88 Å². The van der Waals surface area contributed by atoms with Crippen molar-refractivity contribution < 1.29 is 24.1 Å². The zero-order chi connectivity index (χ0) is 23.1. The topological polar surface area (TPSA) is 136 Å². The molecule has 0 aliphatic carbocycles. The molecule has 0 spiro atoms. The average molecular weight is 428 g/mol. The van der Waals surface area contributed by atoms with Gasteiger partial charge in [0.1, 0.15) is 11.6 Å². The Labute approximate surface area is 179 Å². The number of methoxy groups -OCH3 is 1. The molecule has 0 bridgehead atoms. The highest BCUT2D eigenvalue weighted by atomic mass is 16.8. The summed E-state index contributed by atoms with van der Waals surface area (Å²) in [6.07, 6.45) is -1.32. The van der Waals surface area contributed by atoms with Gasteiger partial charge in [-0.2, -0.15) is 10.4 Å². The number of rotatable bonds is 8. The van der Waals surface area contributed by atoms with Crippen molar-refractivity contribution in [3.05, 3.63) is 51.3 Å². The van der Waals surface area contributed by atoms with Crippen LogP contribution in [0.2, 0.25) is 0 Å². The summed E-state index contributed by atoms with van der Waals surface area (Å²) in [6, 6.07) is 7.93. The summed E-state index contributed by atoms with van der Waals surface area (Å²) in [7, 11) is 1.48. The van der Waals surface area contributed by atoms with Crippen LogP contribution in [-0.2, 0) is 20.8 Å².